The van der Waals surface area contributed by atoms with E-state index in [0.29, 0.717) is 11.0 Å². The summed E-state index contributed by atoms with van der Waals surface area (Å²) in [6.07, 6.45) is 3.41. The second-order valence-electron chi connectivity index (χ2n) is 4.41. The molecule has 106 valence electrons. The van der Waals surface area contributed by atoms with E-state index in [2.05, 4.69) is 20.2 Å². The Labute approximate surface area is 124 Å². The van der Waals surface area contributed by atoms with Crippen molar-refractivity contribution in [2.45, 2.75) is 12.1 Å². The standard InChI is InChI=1S/C14H12N4O2S/c1-8-16-14(18-17-8)21-12(13(19)20)6-9-7-15-11-5-3-2-4-10(9)11/h2-7,15H,1H3,(H,19,20)(H,16,17,18)/b12-6-. The number of aromatic nitrogens is 4. The number of aliphatic carboxylic acids is 1. The van der Waals surface area contributed by atoms with Crippen molar-refractivity contribution in [2.75, 3.05) is 0 Å². The van der Waals surface area contributed by atoms with E-state index >= 15 is 0 Å². The van der Waals surface area contributed by atoms with Gasteiger partial charge in [-0.1, -0.05) is 18.2 Å². The number of thioether (sulfide) groups is 1. The molecule has 3 aromatic rings. The Hall–Kier alpha value is -2.54. The molecule has 2 heterocycles. The number of H-pyrrole nitrogens is 2. The maximum Gasteiger partial charge on any atom is 0.342 e. The van der Waals surface area contributed by atoms with Gasteiger partial charge in [-0.2, -0.15) is 0 Å². The van der Waals surface area contributed by atoms with E-state index in [1.807, 2.05) is 24.3 Å². The summed E-state index contributed by atoms with van der Waals surface area (Å²) >= 11 is 1.02. The summed E-state index contributed by atoms with van der Waals surface area (Å²) in [7, 11) is 0. The van der Waals surface area contributed by atoms with Crippen LogP contribution < -0.4 is 0 Å². The first-order valence-corrected chi connectivity index (χ1v) is 7.03. The number of aromatic amines is 2. The van der Waals surface area contributed by atoms with E-state index in [9.17, 15) is 9.90 Å². The average Bonchev–Trinajstić information content (AvgIpc) is 3.05. The van der Waals surface area contributed by atoms with Gasteiger partial charge in [-0.25, -0.2) is 9.78 Å². The average molecular weight is 300 g/mol. The second-order valence-corrected chi connectivity index (χ2v) is 5.42. The number of carboxylic acids is 1. The molecule has 3 N–H and O–H groups in total. The monoisotopic (exact) mass is 300 g/mol. The van der Waals surface area contributed by atoms with Crippen LogP contribution >= 0.6 is 11.8 Å². The minimum absolute atomic E-state index is 0.166. The predicted molar refractivity (Wildman–Crippen MR) is 80.9 cm³/mol. The van der Waals surface area contributed by atoms with Crippen LogP contribution in [0.4, 0.5) is 0 Å². The predicted octanol–water partition coefficient (Wildman–Crippen LogP) is 2.81. The lowest BCUT2D eigenvalue weighted by Gasteiger charge is -1.98. The highest BCUT2D eigenvalue weighted by molar-refractivity contribution is 8.04. The highest BCUT2D eigenvalue weighted by Crippen LogP contribution is 2.28. The van der Waals surface area contributed by atoms with Crippen LogP contribution in [0.25, 0.3) is 17.0 Å². The number of nitrogens with one attached hydrogen (secondary N) is 2. The van der Waals surface area contributed by atoms with Crippen LogP contribution in [0, 0.1) is 6.92 Å². The van der Waals surface area contributed by atoms with Gasteiger partial charge in [0.2, 0.25) is 5.16 Å². The molecule has 0 unspecified atom stereocenters. The summed E-state index contributed by atoms with van der Waals surface area (Å²) in [5, 5.41) is 17.3. The smallest absolute Gasteiger partial charge is 0.342 e. The summed E-state index contributed by atoms with van der Waals surface area (Å²) < 4.78 is 0. The Morgan fingerprint density at radius 3 is 2.90 bits per heavy atom. The first-order chi connectivity index (χ1) is 10.1. The maximum absolute atomic E-state index is 11.4. The van der Waals surface area contributed by atoms with Gasteiger partial charge in [-0.3, -0.25) is 5.10 Å². The molecule has 0 aliphatic heterocycles. The Bertz CT molecular complexity index is 834. The van der Waals surface area contributed by atoms with Gasteiger partial charge in [0.1, 0.15) is 10.7 Å². The number of nitrogens with zero attached hydrogens (tertiary/aromatic N) is 2. The lowest BCUT2D eigenvalue weighted by molar-refractivity contribution is -0.131. The van der Waals surface area contributed by atoms with Gasteiger partial charge in [0.15, 0.2) is 0 Å². The lowest BCUT2D eigenvalue weighted by Crippen LogP contribution is -1.97. The van der Waals surface area contributed by atoms with Crippen molar-refractivity contribution >= 4 is 34.7 Å². The molecule has 0 saturated heterocycles. The number of para-hydroxylation sites is 1. The molecular weight excluding hydrogens is 288 g/mol. The molecule has 1 aromatic carbocycles. The molecule has 0 amide bonds. The fraction of sp³-hybridized carbons (Fsp3) is 0.0714. The topological polar surface area (TPSA) is 94.7 Å². The lowest BCUT2D eigenvalue weighted by atomic mass is 10.1. The zero-order valence-corrected chi connectivity index (χ0v) is 11.9. The Kier molecular flexibility index (Phi) is 3.49. The number of carbonyl (C=O) groups is 1. The van der Waals surface area contributed by atoms with Crippen molar-refractivity contribution in [3.05, 3.63) is 46.8 Å². The molecule has 7 heteroatoms. The van der Waals surface area contributed by atoms with Crippen molar-refractivity contribution in [3.63, 3.8) is 0 Å². The molecule has 0 atom stereocenters. The van der Waals surface area contributed by atoms with Gasteiger partial charge in [0.05, 0.1) is 0 Å². The molecule has 0 spiro atoms. The molecular formula is C14H12N4O2S. The molecule has 3 rings (SSSR count). The molecule has 0 fully saturated rings. The molecule has 0 saturated carbocycles. The maximum atomic E-state index is 11.4. The molecule has 21 heavy (non-hydrogen) atoms. The quantitative estimate of drug-likeness (QED) is 0.509. The highest BCUT2D eigenvalue weighted by atomic mass is 32.2. The molecule has 0 radical (unpaired) electrons. The number of carboxylic acid groups (broad SMARTS) is 1. The Balaban J connectivity index is 1.98. The number of aryl methyl sites for hydroxylation is 1. The Morgan fingerprint density at radius 2 is 2.19 bits per heavy atom. The van der Waals surface area contributed by atoms with Crippen molar-refractivity contribution in [1.29, 1.82) is 0 Å². The third kappa shape index (κ3) is 2.82. The molecule has 2 aromatic heterocycles. The van der Waals surface area contributed by atoms with Gasteiger partial charge in [0.25, 0.3) is 0 Å². The Morgan fingerprint density at radius 1 is 1.38 bits per heavy atom. The zero-order valence-electron chi connectivity index (χ0n) is 11.1. The van der Waals surface area contributed by atoms with E-state index in [1.54, 1.807) is 19.2 Å². The molecule has 0 aliphatic rings. The van der Waals surface area contributed by atoms with E-state index in [0.717, 1.165) is 28.2 Å². The van der Waals surface area contributed by atoms with Gasteiger partial charge in [-0.15, -0.1) is 5.10 Å². The fourth-order valence-corrected chi connectivity index (χ4v) is 2.70. The molecule has 0 bridgehead atoms. The summed E-state index contributed by atoms with van der Waals surface area (Å²) in [4.78, 5) is 18.8. The van der Waals surface area contributed by atoms with Crippen LogP contribution in [0.2, 0.25) is 0 Å². The third-order valence-corrected chi connectivity index (χ3v) is 3.77. The zero-order chi connectivity index (χ0) is 14.8. The number of hydrogen-bond acceptors (Lipinski definition) is 4. The van der Waals surface area contributed by atoms with E-state index in [-0.39, 0.29) is 4.91 Å². The number of rotatable bonds is 4. The minimum atomic E-state index is -1.01. The summed E-state index contributed by atoms with van der Waals surface area (Å²) in [6.45, 7) is 1.76. The largest absolute Gasteiger partial charge is 0.477 e. The molecule has 0 aliphatic carbocycles. The van der Waals surface area contributed by atoms with Gasteiger partial charge < -0.3 is 10.1 Å². The van der Waals surface area contributed by atoms with Crippen molar-refractivity contribution in [3.8, 4) is 0 Å². The van der Waals surface area contributed by atoms with Crippen molar-refractivity contribution in [1.82, 2.24) is 20.2 Å². The van der Waals surface area contributed by atoms with Crippen molar-refractivity contribution < 1.29 is 9.90 Å². The van der Waals surface area contributed by atoms with Crippen LogP contribution in [0.3, 0.4) is 0 Å². The summed E-state index contributed by atoms with van der Waals surface area (Å²) in [6, 6.07) is 7.73. The normalized spacial score (nSPS) is 12.0. The van der Waals surface area contributed by atoms with Gasteiger partial charge in [0, 0.05) is 22.7 Å². The third-order valence-electron chi connectivity index (χ3n) is 2.90. The van der Waals surface area contributed by atoms with Crippen LogP contribution in [-0.2, 0) is 4.79 Å². The van der Waals surface area contributed by atoms with E-state index < -0.39 is 5.97 Å². The minimum Gasteiger partial charge on any atom is -0.477 e. The SMILES string of the molecule is Cc1nc(S/C(=C\c2c[nH]c3ccccc23)C(=O)O)n[nH]1. The number of benzene rings is 1. The van der Waals surface area contributed by atoms with E-state index in [4.69, 9.17) is 0 Å². The van der Waals surface area contributed by atoms with Gasteiger partial charge in [-0.05, 0) is 30.8 Å². The van der Waals surface area contributed by atoms with Crippen LogP contribution in [0.1, 0.15) is 11.4 Å². The summed E-state index contributed by atoms with van der Waals surface area (Å²) in [5.41, 5.74) is 1.79. The highest BCUT2D eigenvalue weighted by Gasteiger charge is 2.14. The van der Waals surface area contributed by atoms with Crippen LogP contribution in [-0.4, -0.2) is 31.2 Å². The van der Waals surface area contributed by atoms with Gasteiger partial charge >= 0.3 is 5.97 Å². The van der Waals surface area contributed by atoms with Crippen molar-refractivity contribution in [2.24, 2.45) is 0 Å². The molecule has 6 nitrogen and oxygen atoms in total. The van der Waals surface area contributed by atoms with Crippen LogP contribution in [0.15, 0.2) is 40.5 Å². The number of hydrogen-bond donors (Lipinski definition) is 3. The first-order valence-electron chi connectivity index (χ1n) is 6.21. The first kappa shape index (κ1) is 13.4. The van der Waals surface area contributed by atoms with Crippen LogP contribution in [0.5, 0.6) is 0 Å². The van der Waals surface area contributed by atoms with E-state index in [1.165, 1.54) is 0 Å². The summed E-state index contributed by atoms with van der Waals surface area (Å²) in [5.74, 6) is -0.359. The fourth-order valence-electron chi connectivity index (χ4n) is 1.96. The number of fused-ring (bicyclic) bond motifs is 1. The second kappa shape index (κ2) is 5.45.